The molecule has 0 saturated carbocycles. The molecule has 7 heteroatoms. The van der Waals surface area contributed by atoms with Crippen LogP contribution in [0.1, 0.15) is 110 Å². The molecule has 31 heavy (non-hydrogen) atoms. The van der Waals surface area contributed by atoms with Gasteiger partial charge in [-0.05, 0) is 6.42 Å². The minimum Gasteiger partial charge on any atom is -0.454 e. The van der Waals surface area contributed by atoms with Gasteiger partial charge in [-0.15, -0.1) is 0 Å². The molecule has 1 aliphatic rings. The van der Waals surface area contributed by atoms with Crippen LogP contribution >= 0.6 is 0 Å². The molecule has 1 saturated heterocycles. The SMILES string of the molecule is CCCCCCCCCCCCCCCCCC(=O)[C@]1(O)C(=O)O[C@H](CO)[C@@H](O)[C@@H]1O. The van der Waals surface area contributed by atoms with Crippen LogP contribution in [0.3, 0.4) is 0 Å². The molecular formula is C24H44O7. The molecule has 1 aliphatic heterocycles. The molecule has 0 bridgehead atoms. The molecule has 1 fully saturated rings. The van der Waals surface area contributed by atoms with E-state index in [0.717, 1.165) is 19.3 Å². The Hall–Kier alpha value is -1.02. The molecule has 0 amide bonds. The smallest absolute Gasteiger partial charge is 0.349 e. The lowest BCUT2D eigenvalue weighted by Gasteiger charge is -2.40. The van der Waals surface area contributed by atoms with Gasteiger partial charge in [-0.25, -0.2) is 4.79 Å². The molecule has 0 aromatic carbocycles. The highest BCUT2D eigenvalue weighted by atomic mass is 16.6. The first-order valence-corrected chi connectivity index (χ1v) is 12.3. The maximum atomic E-state index is 12.3. The highest BCUT2D eigenvalue weighted by Crippen LogP contribution is 2.28. The van der Waals surface area contributed by atoms with E-state index >= 15 is 0 Å². The molecule has 4 N–H and O–H groups in total. The van der Waals surface area contributed by atoms with Gasteiger partial charge in [0.05, 0.1) is 6.61 Å². The van der Waals surface area contributed by atoms with Crippen LogP contribution in [0.25, 0.3) is 0 Å². The predicted octanol–water partition coefficient (Wildman–Crippen LogP) is 3.19. The van der Waals surface area contributed by atoms with E-state index in [0.29, 0.717) is 6.42 Å². The van der Waals surface area contributed by atoms with Gasteiger partial charge in [0.15, 0.2) is 11.9 Å². The van der Waals surface area contributed by atoms with Crippen LogP contribution in [0.5, 0.6) is 0 Å². The van der Waals surface area contributed by atoms with Gasteiger partial charge in [-0.3, -0.25) is 4.79 Å². The van der Waals surface area contributed by atoms with Crippen molar-refractivity contribution in [1.29, 1.82) is 0 Å². The van der Waals surface area contributed by atoms with Gasteiger partial charge < -0.3 is 25.2 Å². The van der Waals surface area contributed by atoms with E-state index in [-0.39, 0.29) is 6.42 Å². The summed E-state index contributed by atoms with van der Waals surface area (Å²) in [7, 11) is 0. The number of Topliss-reactive ketones (excluding diaryl/α,β-unsaturated/α-hetero) is 1. The Kier molecular flexibility index (Phi) is 14.2. The number of cyclic esters (lactones) is 1. The number of aliphatic hydroxyl groups is 4. The first-order valence-electron chi connectivity index (χ1n) is 12.3. The second-order valence-electron chi connectivity index (χ2n) is 8.95. The minimum absolute atomic E-state index is 0.0720. The fourth-order valence-corrected chi connectivity index (χ4v) is 4.14. The number of ketones is 1. The van der Waals surface area contributed by atoms with Crippen molar-refractivity contribution in [1.82, 2.24) is 0 Å². The third-order valence-corrected chi connectivity index (χ3v) is 6.31. The number of unbranched alkanes of at least 4 members (excludes halogenated alkanes) is 14. The maximum Gasteiger partial charge on any atom is 0.349 e. The van der Waals surface area contributed by atoms with Crippen LogP contribution in [0.15, 0.2) is 0 Å². The fraction of sp³-hybridized carbons (Fsp3) is 0.917. The van der Waals surface area contributed by atoms with Crippen molar-refractivity contribution in [3.63, 3.8) is 0 Å². The zero-order valence-electron chi connectivity index (χ0n) is 19.3. The standard InChI is InChI=1S/C24H44O7/c1-2-3-4-5-6-7-8-9-10-11-12-13-14-15-16-17-20(26)24(30)22(28)21(27)19(18-25)31-23(24)29/h19,21-22,25,27-28,30H,2-18H2,1H3/t19-,21-,22+,24-/m1/s1. The number of hydrogen-bond acceptors (Lipinski definition) is 7. The van der Waals surface area contributed by atoms with E-state index in [1.165, 1.54) is 70.6 Å². The number of carbonyl (C=O) groups is 2. The molecule has 0 aromatic rings. The summed E-state index contributed by atoms with van der Waals surface area (Å²) in [6.07, 6.45) is 12.7. The summed E-state index contributed by atoms with van der Waals surface area (Å²) >= 11 is 0. The highest BCUT2D eigenvalue weighted by molar-refractivity contribution is 6.08. The molecule has 4 atom stereocenters. The van der Waals surface area contributed by atoms with Crippen LogP contribution in [0.2, 0.25) is 0 Å². The Labute approximate surface area is 187 Å². The van der Waals surface area contributed by atoms with Gasteiger partial charge in [0.25, 0.3) is 0 Å². The number of carbonyl (C=O) groups excluding carboxylic acids is 2. The van der Waals surface area contributed by atoms with Gasteiger partial charge in [-0.1, -0.05) is 96.8 Å². The van der Waals surface area contributed by atoms with Crippen LogP contribution in [-0.2, 0) is 14.3 Å². The second kappa shape index (κ2) is 15.7. The van der Waals surface area contributed by atoms with Crippen molar-refractivity contribution in [2.24, 2.45) is 0 Å². The summed E-state index contributed by atoms with van der Waals surface area (Å²) in [6.45, 7) is 1.54. The van der Waals surface area contributed by atoms with Crippen molar-refractivity contribution in [2.45, 2.75) is 134 Å². The number of esters is 1. The quantitative estimate of drug-likeness (QED) is 0.145. The summed E-state index contributed by atoms with van der Waals surface area (Å²) in [5.41, 5.74) is -2.76. The van der Waals surface area contributed by atoms with Crippen LogP contribution < -0.4 is 0 Å². The Balaban J connectivity index is 2.06. The Bertz CT molecular complexity index is 510. The van der Waals surface area contributed by atoms with Crippen molar-refractivity contribution in [3.8, 4) is 0 Å². The third-order valence-electron chi connectivity index (χ3n) is 6.31. The lowest BCUT2D eigenvalue weighted by atomic mass is 9.82. The normalized spacial score (nSPS) is 26.1. The number of ether oxygens (including phenoxy) is 1. The summed E-state index contributed by atoms with van der Waals surface area (Å²) in [6, 6.07) is 0. The second-order valence-corrected chi connectivity index (χ2v) is 8.95. The number of aliphatic hydroxyl groups excluding tert-OH is 3. The number of hydrogen-bond donors (Lipinski definition) is 4. The molecule has 1 rings (SSSR count). The monoisotopic (exact) mass is 444 g/mol. The maximum absolute atomic E-state index is 12.3. The van der Waals surface area contributed by atoms with Gasteiger partial charge >= 0.3 is 5.97 Å². The summed E-state index contributed by atoms with van der Waals surface area (Å²) in [5.74, 6) is -2.16. The molecule has 7 nitrogen and oxygen atoms in total. The molecule has 0 aliphatic carbocycles. The van der Waals surface area contributed by atoms with E-state index in [4.69, 9.17) is 9.84 Å². The van der Waals surface area contributed by atoms with Crippen LogP contribution in [0, 0.1) is 0 Å². The predicted molar refractivity (Wildman–Crippen MR) is 118 cm³/mol. The Morgan fingerprint density at radius 3 is 1.68 bits per heavy atom. The van der Waals surface area contributed by atoms with Crippen molar-refractivity contribution in [3.05, 3.63) is 0 Å². The highest BCUT2D eigenvalue weighted by Gasteiger charge is 2.59. The Morgan fingerprint density at radius 2 is 1.26 bits per heavy atom. The molecule has 182 valence electrons. The average Bonchev–Trinajstić information content (AvgIpc) is 2.77. The van der Waals surface area contributed by atoms with Crippen molar-refractivity contribution in [2.75, 3.05) is 6.61 Å². The largest absolute Gasteiger partial charge is 0.454 e. The summed E-state index contributed by atoms with van der Waals surface area (Å²) in [4.78, 5) is 24.3. The van der Waals surface area contributed by atoms with Gasteiger partial charge in [-0.2, -0.15) is 0 Å². The first-order chi connectivity index (χ1) is 14.9. The van der Waals surface area contributed by atoms with Gasteiger partial charge in [0.1, 0.15) is 12.2 Å². The topological polar surface area (TPSA) is 124 Å². The summed E-state index contributed by atoms with van der Waals surface area (Å²) in [5, 5.41) is 39.3. The third kappa shape index (κ3) is 9.16. The van der Waals surface area contributed by atoms with Crippen LogP contribution in [-0.4, -0.2) is 62.7 Å². The van der Waals surface area contributed by atoms with E-state index in [2.05, 4.69) is 6.92 Å². The minimum atomic E-state index is -2.76. The van der Waals surface area contributed by atoms with Crippen LogP contribution in [0.4, 0.5) is 0 Å². The van der Waals surface area contributed by atoms with Crippen molar-refractivity contribution < 1.29 is 34.8 Å². The molecule has 0 radical (unpaired) electrons. The van der Waals surface area contributed by atoms with E-state index in [1.807, 2.05) is 0 Å². The lowest BCUT2D eigenvalue weighted by Crippen LogP contribution is -2.68. The Morgan fingerprint density at radius 1 is 0.839 bits per heavy atom. The lowest BCUT2D eigenvalue weighted by molar-refractivity contribution is -0.229. The summed E-state index contributed by atoms with van der Waals surface area (Å²) < 4.78 is 4.71. The zero-order valence-corrected chi connectivity index (χ0v) is 19.3. The molecule has 0 aromatic heterocycles. The van der Waals surface area contributed by atoms with Gasteiger partial charge in [0.2, 0.25) is 5.60 Å². The molecule has 0 unspecified atom stereocenters. The van der Waals surface area contributed by atoms with Crippen molar-refractivity contribution >= 4 is 11.8 Å². The zero-order chi connectivity index (χ0) is 23.1. The fourth-order valence-electron chi connectivity index (χ4n) is 4.14. The molecular weight excluding hydrogens is 400 g/mol. The van der Waals surface area contributed by atoms with E-state index in [1.54, 1.807) is 0 Å². The van der Waals surface area contributed by atoms with E-state index < -0.39 is 42.3 Å². The average molecular weight is 445 g/mol. The first kappa shape index (κ1) is 28.0. The number of rotatable bonds is 18. The van der Waals surface area contributed by atoms with Gasteiger partial charge in [0, 0.05) is 6.42 Å². The molecule has 0 spiro atoms. The van der Waals surface area contributed by atoms with E-state index in [9.17, 15) is 24.9 Å². The molecule has 1 heterocycles.